The van der Waals surface area contributed by atoms with Gasteiger partial charge in [-0.05, 0) is 63.3 Å². The molecule has 1 aromatic heterocycles. The summed E-state index contributed by atoms with van der Waals surface area (Å²) < 4.78 is 17.2. The van der Waals surface area contributed by atoms with E-state index in [1.54, 1.807) is 30.3 Å². The van der Waals surface area contributed by atoms with Crippen LogP contribution in [0.25, 0.3) is 27.9 Å². The van der Waals surface area contributed by atoms with Crippen LogP contribution in [0.4, 0.5) is 4.79 Å². The third-order valence-corrected chi connectivity index (χ3v) is 8.93. The molecule has 49 heavy (non-hydrogen) atoms. The molecule has 0 spiro atoms. The van der Waals surface area contributed by atoms with E-state index in [1.165, 1.54) is 50.7 Å². The molecule has 9 heteroatoms. The number of carbonyl (C=O) groups is 1. The number of phenols is 1. The summed E-state index contributed by atoms with van der Waals surface area (Å²) in [6, 6.07) is 9.35. The molecule has 0 saturated carbocycles. The van der Waals surface area contributed by atoms with Crippen molar-refractivity contribution < 1.29 is 28.9 Å². The summed E-state index contributed by atoms with van der Waals surface area (Å²) in [5, 5.41) is 22.2. The standard InChI is InChI=1S/C40H50ClNO7/c1-3-4-5-6-7-8-9-10-11-12-13-14-15-16-17-20-25-47-40(46)49-36-27-33(44)38-32(43)26-35(29-21-18-19-22-31(29)41)48-39(38)37(36)30-23-24-42(2)28-34(30)45/h7-8,10-11,18-19,21-23,26-27,34,44-45H,3-6,9,12-17,20,24-25,28H2,1-2H3/b8-7-,11-10-/t34-/m0/s1. The highest BCUT2D eigenvalue weighted by Gasteiger charge is 2.29. The van der Waals surface area contributed by atoms with E-state index in [2.05, 4.69) is 31.2 Å². The van der Waals surface area contributed by atoms with Crippen molar-refractivity contribution in [2.75, 3.05) is 26.7 Å². The first kappa shape index (κ1) is 38.0. The summed E-state index contributed by atoms with van der Waals surface area (Å²) in [6.07, 6.45) is 22.2. The monoisotopic (exact) mass is 691 g/mol. The summed E-state index contributed by atoms with van der Waals surface area (Å²) in [4.78, 5) is 28.1. The molecule has 0 saturated heterocycles. The molecule has 1 aliphatic heterocycles. The molecule has 2 heterocycles. The van der Waals surface area contributed by atoms with Crippen molar-refractivity contribution in [3.05, 3.63) is 87.6 Å². The predicted molar refractivity (Wildman–Crippen MR) is 197 cm³/mol. The van der Waals surface area contributed by atoms with Crippen molar-refractivity contribution in [1.82, 2.24) is 4.90 Å². The van der Waals surface area contributed by atoms with E-state index in [9.17, 15) is 19.8 Å². The first-order valence-electron chi connectivity index (χ1n) is 17.6. The minimum absolute atomic E-state index is 0.0230. The van der Waals surface area contributed by atoms with E-state index in [0.717, 1.165) is 32.1 Å². The zero-order chi connectivity index (χ0) is 35.0. The lowest BCUT2D eigenvalue weighted by Crippen LogP contribution is -2.34. The Hall–Kier alpha value is -3.85. The molecule has 0 bridgehead atoms. The zero-order valence-electron chi connectivity index (χ0n) is 28.8. The lowest BCUT2D eigenvalue weighted by Gasteiger charge is -2.28. The average molecular weight is 692 g/mol. The SMILES string of the molecule is CCCCC/C=C\C/C=C\CCCCCCCCOC(=O)Oc1cc(O)c2c(=O)cc(-c3ccccc3Cl)oc2c1C1=CCN(C)C[C@@H]1O. The summed E-state index contributed by atoms with van der Waals surface area (Å²) in [5.74, 6) is -0.334. The molecule has 0 amide bonds. The molecule has 1 atom stereocenters. The first-order chi connectivity index (χ1) is 23.8. The number of unbranched alkanes of at least 4 members (excludes halogenated alkanes) is 9. The molecule has 2 aromatic carbocycles. The average Bonchev–Trinajstić information content (AvgIpc) is 3.07. The van der Waals surface area contributed by atoms with Crippen LogP contribution in [0.5, 0.6) is 11.5 Å². The van der Waals surface area contributed by atoms with Gasteiger partial charge in [0.25, 0.3) is 0 Å². The smallest absolute Gasteiger partial charge is 0.507 e. The van der Waals surface area contributed by atoms with E-state index >= 15 is 0 Å². The Morgan fingerprint density at radius 2 is 1.69 bits per heavy atom. The largest absolute Gasteiger partial charge is 0.513 e. The topological polar surface area (TPSA) is 109 Å². The summed E-state index contributed by atoms with van der Waals surface area (Å²) in [6.45, 7) is 3.22. The van der Waals surface area contributed by atoms with Crippen molar-refractivity contribution in [2.24, 2.45) is 0 Å². The second kappa shape index (κ2) is 20.0. The summed E-state index contributed by atoms with van der Waals surface area (Å²) >= 11 is 6.40. The van der Waals surface area contributed by atoms with E-state index in [1.807, 2.05) is 11.9 Å². The number of aliphatic hydroxyl groups is 1. The van der Waals surface area contributed by atoms with E-state index in [-0.39, 0.29) is 34.6 Å². The summed E-state index contributed by atoms with van der Waals surface area (Å²) in [5.41, 5.74) is 0.556. The third kappa shape index (κ3) is 11.3. The number of hydrogen-bond acceptors (Lipinski definition) is 8. The van der Waals surface area contributed by atoms with Gasteiger partial charge in [-0.1, -0.05) is 99.6 Å². The van der Waals surface area contributed by atoms with Gasteiger partial charge in [-0.15, -0.1) is 0 Å². The van der Waals surface area contributed by atoms with Gasteiger partial charge < -0.3 is 24.1 Å². The van der Waals surface area contributed by atoms with Crippen LogP contribution in [0, 0.1) is 0 Å². The number of aliphatic hydroxyl groups excluding tert-OH is 1. The van der Waals surface area contributed by atoms with Crippen LogP contribution in [-0.4, -0.2) is 54.1 Å². The van der Waals surface area contributed by atoms with Crippen LogP contribution in [0.1, 0.15) is 89.5 Å². The number of β-amino-alcohol motifs (C(OH)–C–C–N with tert-alkyl or cyclic N) is 1. The van der Waals surface area contributed by atoms with Gasteiger partial charge in [0.05, 0.1) is 23.3 Å². The van der Waals surface area contributed by atoms with Crippen LogP contribution >= 0.6 is 11.6 Å². The highest BCUT2D eigenvalue weighted by Crippen LogP contribution is 2.42. The van der Waals surface area contributed by atoms with Gasteiger partial charge >= 0.3 is 6.16 Å². The second-order valence-electron chi connectivity index (χ2n) is 12.6. The van der Waals surface area contributed by atoms with Crippen molar-refractivity contribution in [1.29, 1.82) is 0 Å². The van der Waals surface area contributed by atoms with Gasteiger partial charge in [0.15, 0.2) is 11.0 Å². The zero-order valence-corrected chi connectivity index (χ0v) is 29.6. The Morgan fingerprint density at radius 3 is 2.41 bits per heavy atom. The predicted octanol–water partition coefficient (Wildman–Crippen LogP) is 9.84. The molecule has 0 unspecified atom stereocenters. The molecule has 0 aliphatic carbocycles. The van der Waals surface area contributed by atoms with Gasteiger partial charge in [0.1, 0.15) is 22.6 Å². The Bertz CT molecular complexity index is 1680. The molecular weight excluding hydrogens is 642 g/mol. The molecule has 2 N–H and O–H groups in total. The van der Waals surface area contributed by atoms with Crippen LogP contribution < -0.4 is 10.2 Å². The Labute approximate surface area is 294 Å². The van der Waals surface area contributed by atoms with Crippen molar-refractivity contribution in [3.63, 3.8) is 0 Å². The van der Waals surface area contributed by atoms with Gasteiger partial charge in [0.2, 0.25) is 0 Å². The van der Waals surface area contributed by atoms with Crippen LogP contribution in [0.2, 0.25) is 5.02 Å². The molecule has 264 valence electrons. The normalized spacial score (nSPS) is 15.3. The quantitative estimate of drug-likeness (QED) is 0.0587. The second-order valence-corrected chi connectivity index (χ2v) is 13.0. The molecule has 0 radical (unpaired) electrons. The minimum Gasteiger partial charge on any atom is -0.507 e. The molecular formula is C40H50ClNO7. The maximum absolute atomic E-state index is 13.3. The van der Waals surface area contributed by atoms with Crippen molar-refractivity contribution >= 4 is 34.3 Å². The lowest BCUT2D eigenvalue weighted by molar-refractivity contribution is 0.0969. The summed E-state index contributed by atoms with van der Waals surface area (Å²) in [7, 11) is 1.86. The van der Waals surface area contributed by atoms with Crippen LogP contribution in [-0.2, 0) is 4.74 Å². The fraction of sp³-hybridized carbons (Fsp3) is 0.450. The van der Waals surface area contributed by atoms with E-state index < -0.39 is 23.4 Å². The van der Waals surface area contributed by atoms with Gasteiger partial charge in [-0.25, -0.2) is 4.79 Å². The van der Waals surface area contributed by atoms with Gasteiger partial charge in [-0.3, -0.25) is 9.69 Å². The molecule has 1 aliphatic rings. The Kier molecular flexibility index (Phi) is 15.5. The number of rotatable bonds is 18. The third-order valence-electron chi connectivity index (χ3n) is 8.60. The fourth-order valence-electron chi connectivity index (χ4n) is 5.93. The number of hydrogen-bond donors (Lipinski definition) is 2. The lowest BCUT2D eigenvalue weighted by atomic mass is 9.93. The van der Waals surface area contributed by atoms with Gasteiger partial charge in [0, 0.05) is 30.8 Å². The van der Waals surface area contributed by atoms with E-state index in [4.69, 9.17) is 25.5 Å². The van der Waals surface area contributed by atoms with Crippen LogP contribution in [0.15, 0.2) is 76.0 Å². The highest BCUT2D eigenvalue weighted by molar-refractivity contribution is 6.33. The van der Waals surface area contributed by atoms with Crippen molar-refractivity contribution in [2.45, 2.75) is 90.1 Å². The maximum atomic E-state index is 13.3. The number of benzene rings is 2. The molecule has 4 rings (SSSR count). The molecule has 3 aromatic rings. The first-order valence-corrected chi connectivity index (χ1v) is 18.0. The number of allylic oxidation sites excluding steroid dienone is 4. The Balaban J connectivity index is 1.34. The number of phenolic OH excluding ortho intramolecular Hbond substituents is 1. The number of halogens is 1. The van der Waals surface area contributed by atoms with Crippen LogP contribution in [0.3, 0.4) is 0 Å². The number of carbonyl (C=O) groups excluding carboxylic acids is 1. The van der Waals surface area contributed by atoms with E-state index in [0.29, 0.717) is 35.7 Å². The Morgan fingerprint density at radius 1 is 1.00 bits per heavy atom. The fourth-order valence-corrected chi connectivity index (χ4v) is 6.16. The minimum atomic E-state index is -0.975. The number of ether oxygens (including phenoxy) is 2. The molecule has 0 fully saturated rings. The van der Waals surface area contributed by atoms with Gasteiger partial charge in [-0.2, -0.15) is 0 Å². The number of aromatic hydroxyl groups is 1. The maximum Gasteiger partial charge on any atom is 0.513 e. The number of fused-ring (bicyclic) bond motifs is 1. The highest BCUT2D eigenvalue weighted by atomic mass is 35.5. The number of nitrogens with zero attached hydrogens (tertiary/aromatic N) is 1. The number of likely N-dealkylation sites (N-methyl/N-ethyl adjacent to an activating group) is 1. The molecule has 8 nitrogen and oxygen atoms in total. The van der Waals surface area contributed by atoms with Crippen molar-refractivity contribution in [3.8, 4) is 22.8 Å².